The fraction of sp³-hybridized carbons (Fsp3) is 0. The molecule has 1 aliphatic heterocycles. The van der Waals surface area contributed by atoms with Crippen LogP contribution in [-0.2, 0) is 17.1 Å². The zero-order valence-corrected chi connectivity index (χ0v) is 14.4. The zero-order chi connectivity index (χ0) is 15.6. The van der Waals surface area contributed by atoms with Crippen LogP contribution < -0.4 is 5.30 Å². The van der Waals surface area contributed by atoms with Crippen molar-refractivity contribution < 1.29 is 38.1 Å². The molecule has 128 valence electrons. The predicted octanol–water partition coefficient (Wildman–Crippen LogP) is 7.22. The Labute approximate surface area is 135 Å². The molecular weight excluding hydrogens is 406 g/mol. The number of hydrogen-bond donors (Lipinski definition) is 0. The molecule has 0 fully saturated rings. The van der Waals surface area contributed by atoms with E-state index in [1.165, 1.54) is 12.1 Å². The Kier molecular flexibility index (Phi) is 6.61. The van der Waals surface area contributed by atoms with Gasteiger partial charge in [0, 0.05) is 17.1 Å². The molecule has 1 atom stereocenters. The molecule has 2 aromatic rings. The van der Waals surface area contributed by atoms with Crippen molar-refractivity contribution in [2.75, 3.05) is 0 Å². The maximum Gasteiger partial charge on any atom is 0.422 e. The van der Waals surface area contributed by atoms with Gasteiger partial charge in [0.05, 0.1) is 0 Å². The molecule has 0 spiro atoms. The SMILES string of the molecule is FP1(F)=NP(F)(F)=NP(F)([c-]2cccc2)=N1.[Fe].[cH-]1[cH-][cH-][cH-][cH-]1. The molecule has 0 saturated carbocycles. The van der Waals surface area contributed by atoms with Crippen LogP contribution in [0.4, 0.5) is 21.0 Å². The molecule has 0 aromatic heterocycles. The largest absolute Gasteiger partial charge is 0.748 e. The molecule has 0 N–H and O–H groups in total. The van der Waals surface area contributed by atoms with Crippen LogP contribution in [0.25, 0.3) is 0 Å². The van der Waals surface area contributed by atoms with Crippen LogP contribution in [0.2, 0.25) is 0 Å². The molecule has 2 aromatic carbocycles. The first-order valence-corrected chi connectivity index (χ1v) is 10.1. The average Bonchev–Trinajstić information content (AvgIpc) is 3.02. The first-order valence-electron chi connectivity index (χ1n) is 5.51. The zero-order valence-electron chi connectivity index (χ0n) is 10.6. The van der Waals surface area contributed by atoms with Crippen molar-refractivity contribution in [3.05, 3.63) is 54.6 Å². The van der Waals surface area contributed by atoms with Crippen molar-refractivity contribution in [1.29, 1.82) is 0 Å². The average molecular weight is 415 g/mol. The summed E-state index contributed by atoms with van der Waals surface area (Å²) in [4.78, 5) is 0. The van der Waals surface area contributed by atoms with E-state index in [-0.39, 0.29) is 22.4 Å². The molecule has 0 bridgehead atoms. The van der Waals surface area contributed by atoms with Gasteiger partial charge < -0.3 is 30.3 Å². The van der Waals surface area contributed by atoms with E-state index < -0.39 is 23.2 Å². The standard InChI is InChI=1S/C5H4F5N3P3.C5H5.Fe/c6-14(5-3-1-2-4-5)11-15(7,8)13-16(9,10)12-14;1-2-4-5-3-1;/h1-4H;1-5H;/q-1;-5;. The first-order chi connectivity index (χ1) is 9.73. The molecule has 1 heterocycles. The summed E-state index contributed by atoms with van der Waals surface area (Å²) in [6.45, 7) is 0. The normalized spacial score (nSPS) is 24.4. The number of nitrogens with zero attached hydrogens (tertiary/aromatic N) is 3. The molecular formula is C10H9F5FeN3P3-6. The van der Waals surface area contributed by atoms with Crippen LogP contribution >= 0.6 is 23.2 Å². The summed E-state index contributed by atoms with van der Waals surface area (Å²) in [7, 11) is -15.8. The van der Waals surface area contributed by atoms with Crippen molar-refractivity contribution in [3.8, 4) is 0 Å². The minimum absolute atomic E-state index is 0. The van der Waals surface area contributed by atoms with Gasteiger partial charge in [0.15, 0.2) is 0 Å². The Morgan fingerprint density at radius 2 is 1.09 bits per heavy atom. The van der Waals surface area contributed by atoms with Crippen molar-refractivity contribution in [3.63, 3.8) is 0 Å². The summed E-state index contributed by atoms with van der Waals surface area (Å²) >= 11 is 0. The summed E-state index contributed by atoms with van der Waals surface area (Å²) in [6.07, 6.45) is 0. The van der Waals surface area contributed by atoms with Gasteiger partial charge in [0.2, 0.25) is 7.52 Å². The van der Waals surface area contributed by atoms with Gasteiger partial charge in [-0.1, -0.05) is 5.30 Å². The summed E-state index contributed by atoms with van der Waals surface area (Å²) in [5.74, 6) is 0. The summed E-state index contributed by atoms with van der Waals surface area (Å²) in [5.41, 5.74) is 0. The number of rotatable bonds is 1. The summed E-state index contributed by atoms with van der Waals surface area (Å²) < 4.78 is 72.3. The topological polar surface area (TPSA) is 37.1 Å². The van der Waals surface area contributed by atoms with Crippen LogP contribution in [-0.4, -0.2) is 0 Å². The van der Waals surface area contributed by atoms with E-state index in [0.717, 1.165) is 12.1 Å². The molecule has 0 amide bonds. The second-order valence-corrected chi connectivity index (χ2v) is 9.35. The maximum absolute atomic E-state index is 13.9. The van der Waals surface area contributed by atoms with E-state index in [9.17, 15) is 21.0 Å². The molecule has 3 nitrogen and oxygen atoms in total. The van der Waals surface area contributed by atoms with Gasteiger partial charge in [0.1, 0.15) is 0 Å². The molecule has 0 radical (unpaired) electrons. The van der Waals surface area contributed by atoms with Crippen molar-refractivity contribution in [2.45, 2.75) is 0 Å². The Hall–Kier alpha value is -0.441. The molecule has 1 aliphatic rings. The maximum atomic E-state index is 13.9. The van der Waals surface area contributed by atoms with Crippen LogP contribution in [0, 0.1) is 0 Å². The van der Waals surface area contributed by atoms with E-state index in [1.807, 2.05) is 34.8 Å². The van der Waals surface area contributed by atoms with Gasteiger partial charge in [-0.2, -0.15) is 25.4 Å². The van der Waals surface area contributed by atoms with Gasteiger partial charge in [0.25, 0.3) is 0 Å². The minimum Gasteiger partial charge on any atom is -0.748 e. The molecule has 0 saturated heterocycles. The van der Waals surface area contributed by atoms with Crippen LogP contribution in [0.1, 0.15) is 0 Å². The summed E-state index contributed by atoms with van der Waals surface area (Å²) in [5, 5.41) is -0.318. The van der Waals surface area contributed by atoms with E-state index >= 15 is 0 Å². The molecule has 12 heteroatoms. The Balaban J connectivity index is 0.000000344. The Bertz CT molecular complexity index is 720. The quantitative estimate of drug-likeness (QED) is 0.204. The third kappa shape index (κ3) is 5.33. The van der Waals surface area contributed by atoms with Gasteiger partial charge in [-0.3, -0.25) is 0 Å². The van der Waals surface area contributed by atoms with E-state index in [2.05, 4.69) is 9.03 Å². The van der Waals surface area contributed by atoms with E-state index in [0.29, 0.717) is 0 Å². The number of halogens is 5. The first kappa shape index (κ1) is 19.6. The molecule has 0 aliphatic carbocycles. The molecule has 1 unspecified atom stereocenters. The van der Waals surface area contributed by atoms with Gasteiger partial charge in [-0.25, -0.2) is 12.1 Å². The Morgan fingerprint density at radius 1 is 0.682 bits per heavy atom. The minimum atomic E-state index is -5.59. The predicted molar refractivity (Wildman–Crippen MR) is 77.3 cm³/mol. The van der Waals surface area contributed by atoms with Gasteiger partial charge in [-0.15, -0.1) is 21.3 Å². The monoisotopic (exact) mass is 415 g/mol. The van der Waals surface area contributed by atoms with Gasteiger partial charge in [-0.05, 0) is 0 Å². The molecule has 3 rings (SSSR count). The van der Waals surface area contributed by atoms with E-state index in [4.69, 9.17) is 0 Å². The third-order valence-electron chi connectivity index (χ3n) is 2.20. The van der Waals surface area contributed by atoms with Crippen LogP contribution in [0.5, 0.6) is 0 Å². The second-order valence-electron chi connectivity index (χ2n) is 3.81. The van der Waals surface area contributed by atoms with Crippen LogP contribution in [0.3, 0.4) is 0 Å². The van der Waals surface area contributed by atoms with Gasteiger partial charge >= 0.3 is 15.7 Å². The second kappa shape index (κ2) is 7.42. The Morgan fingerprint density at radius 3 is 1.50 bits per heavy atom. The number of hydrogen-bond acceptors (Lipinski definition) is 3. The van der Waals surface area contributed by atoms with Crippen molar-refractivity contribution in [2.24, 2.45) is 13.5 Å². The fourth-order valence-corrected chi connectivity index (χ4v) is 7.54. The summed E-state index contributed by atoms with van der Waals surface area (Å²) in [6, 6.07) is 14.9. The van der Waals surface area contributed by atoms with Crippen molar-refractivity contribution >= 4 is 28.5 Å². The van der Waals surface area contributed by atoms with E-state index in [1.54, 1.807) is 0 Å². The fourth-order valence-electron chi connectivity index (χ4n) is 1.45. The molecule has 22 heavy (non-hydrogen) atoms. The van der Waals surface area contributed by atoms with Crippen LogP contribution in [0.15, 0.2) is 68.1 Å². The third-order valence-corrected chi connectivity index (χ3v) is 8.49. The van der Waals surface area contributed by atoms with Crippen molar-refractivity contribution in [1.82, 2.24) is 0 Å². The smallest absolute Gasteiger partial charge is 0.422 e.